The molecule has 2 aliphatic heterocycles. The van der Waals surface area contributed by atoms with Gasteiger partial charge in [0.1, 0.15) is 29.9 Å². The number of nitrogens with zero attached hydrogens (tertiary/aromatic N) is 5. The number of amides is 6. The summed E-state index contributed by atoms with van der Waals surface area (Å²) in [6.07, 6.45) is 5.74. The van der Waals surface area contributed by atoms with Crippen LogP contribution in [-0.4, -0.2) is 124 Å². The van der Waals surface area contributed by atoms with Gasteiger partial charge in [-0.25, -0.2) is 4.68 Å². The Morgan fingerprint density at radius 3 is 1.98 bits per heavy atom. The molecule has 0 bridgehead atoms. The lowest BCUT2D eigenvalue weighted by atomic mass is 9.85. The summed E-state index contributed by atoms with van der Waals surface area (Å²) >= 11 is 0. The molecule has 0 unspecified atom stereocenters. The van der Waals surface area contributed by atoms with E-state index >= 15 is 0 Å². The third-order valence-corrected chi connectivity index (χ3v) is 12.2. The van der Waals surface area contributed by atoms with Crippen LogP contribution < -0.4 is 31.9 Å². The van der Waals surface area contributed by atoms with Gasteiger partial charge in [0.25, 0.3) is 0 Å². The third-order valence-electron chi connectivity index (χ3n) is 12.2. The summed E-state index contributed by atoms with van der Waals surface area (Å²) < 4.78 is 1.63. The topological polar surface area (TPSA) is 212 Å². The van der Waals surface area contributed by atoms with Crippen LogP contribution in [-0.2, 0) is 41.7 Å². The first kappa shape index (κ1) is 46.2. The number of rotatable bonds is 14. The van der Waals surface area contributed by atoms with Gasteiger partial charge < -0.3 is 41.7 Å². The van der Waals surface area contributed by atoms with Crippen molar-refractivity contribution in [1.29, 1.82) is 0 Å². The maximum atomic E-state index is 14.6. The van der Waals surface area contributed by atoms with E-state index in [1.165, 1.54) is 5.56 Å². The molecule has 3 aliphatic rings. The number of carbonyl (C=O) groups is 6. The van der Waals surface area contributed by atoms with Crippen LogP contribution in [0.3, 0.4) is 0 Å². The average Bonchev–Trinajstić information content (AvgIpc) is 4.00. The summed E-state index contributed by atoms with van der Waals surface area (Å²) in [6.45, 7) is 15.3. The van der Waals surface area contributed by atoms with Gasteiger partial charge >= 0.3 is 0 Å². The van der Waals surface area contributed by atoms with E-state index < -0.39 is 53.1 Å². The van der Waals surface area contributed by atoms with Crippen molar-refractivity contribution >= 4 is 35.4 Å². The van der Waals surface area contributed by atoms with E-state index in [1.807, 2.05) is 59.7 Å². The van der Waals surface area contributed by atoms with Crippen LogP contribution >= 0.6 is 0 Å². The van der Waals surface area contributed by atoms with Gasteiger partial charge in [-0.15, -0.1) is 5.10 Å². The number of nitrogens with one attached hydrogen (secondary N) is 6. The number of hydrogen-bond acceptors (Lipinski definition) is 10. The average molecular weight is 834 g/mol. The maximum Gasteiger partial charge on any atom is 0.246 e. The second-order valence-corrected chi connectivity index (χ2v) is 18.8. The molecule has 2 saturated heterocycles. The van der Waals surface area contributed by atoms with E-state index in [9.17, 15) is 28.8 Å². The van der Waals surface area contributed by atoms with Gasteiger partial charge in [-0.2, -0.15) is 0 Å². The first-order valence-corrected chi connectivity index (χ1v) is 21.4. The van der Waals surface area contributed by atoms with Crippen molar-refractivity contribution in [3.63, 3.8) is 0 Å². The summed E-state index contributed by atoms with van der Waals surface area (Å²) in [5.41, 5.74) is 1.47. The molecule has 17 nitrogen and oxygen atoms in total. The second-order valence-electron chi connectivity index (χ2n) is 18.8. The highest BCUT2D eigenvalue weighted by Crippen LogP contribution is 2.34. The van der Waals surface area contributed by atoms with Gasteiger partial charge in [-0.3, -0.25) is 28.8 Å². The van der Waals surface area contributed by atoms with E-state index in [1.54, 1.807) is 48.6 Å². The molecule has 17 heteroatoms. The van der Waals surface area contributed by atoms with Crippen LogP contribution in [0.2, 0.25) is 0 Å². The minimum atomic E-state index is -0.916. The lowest BCUT2D eigenvalue weighted by Crippen LogP contribution is -2.59. The summed E-state index contributed by atoms with van der Waals surface area (Å²) in [4.78, 5) is 85.4. The molecular weight excluding hydrogens is 767 g/mol. The Morgan fingerprint density at radius 1 is 0.783 bits per heavy atom. The molecule has 60 heavy (non-hydrogen) atoms. The summed E-state index contributed by atoms with van der Waals surface area (Å²) in [5, 5.41) is 26.5. The van der Waals surface area contributed by atoms with Crippen molar-refractivity contribution in [2.45, 2.75) is 149 Å². The molecule has 0 radical (unpaired) electrons. The summed E-state index contributed by atoms with van der Waals surface area (Å²) in [6, 6.07) is 3.14. The molecule has 5 rings (SSSR count). The number of likely N-dealkylation sites (N-methyl/N-ethyl adjacent to an activating group) is 2. The molecule has 1 aromatic carbocycles. The number of aryl methyl sites for hydroxylation is 1. The molecule has 6 N–H and O–H groups in total. The fourth-order valence-electron chi connectivity index (χ4n) is 8.27. The lowest BCUT2D eigenvalue weighted by Gasteiger charge is -2.36. The second kappa shape index (κ2) is 19.2. The molecule has 6 amide bonds. The summed E-state index contributed by atoms with van der Waals surface area (Å²) in [5.74, 6) is -1.90. The van der Waals surface area contributed by atoms with Crippen LogP contribution in [0, 0.1) is 10.8 Å². The Kier molecular flexibility index (Phi) is 14.8. The maximum absolute atomic E-state index is 14.6. The molecule has 0 saturated carbocycles. The molecular formula is C43H67N11O6. The monoisotopic (exact) mass is 834 g/mol. The number of fused-ring (bicyclic) bond motifs is 1. The van der Waals surface area contributed by atoms with Crippen LogP contribution in [0.5, 0.6) is 0 Å². The van der Waals surface area contributed by atoms with Gasteiger partial charge in [-0.1, -0.05) is 71.0 Å². The van der Waals surface area contributed by atoms with Crippen molar-refractivity contribution < 1.29 is 28.8 Å². The van der Waals surface area contributed by atoms with E-state index in [0.717, 1.165) is 24.8 Å². The highest BCUT2D eigenvalue weighted by Gasteiger charge is 2.47. The first-order valence-electron chi connectivity index (χ1n) is 21.4. The van der Waals surface area contributed by atoms with E-state index in [0.29, 0.717) is 25.1 Å². The molecule has 3 heterocycles. The van der Waals surface area contributed by atoms with Gasteiger partial charge in [0.2, 0.25) is 35.4 Å². The molecule has 2 aromatic rings. The lowest BCUT2D eigenvalue weighted by molar-refractivity contribution is -0.144. The molecule has 1 aliphatic carbocycles. The minimum Gasteiger partial charge on any atom is -0.349 e. The van der Waals surface area contributed by atoms with Crippen molar-refractivity contribution in [3.05, 3.63) is 47.3 Å². The highest BCUT2D eigenvalue weighted by atomic mass is 16.2. The molecule has 2 fully saturated rings. The van der Waals surface area contributed by atoms with E-state index in [2.05, 4.69) is 48.3 Å². The van der Waals surface area contributed by atoms with Crippen molar-refractivity contribution in [2.75, 3.05) is 27.2 Å². The van der Waals surface area contributed by atoms with E-state index in [4.69, 9.17) is 0 Å². The fraction of sp³-hybridized carbons (Fsp3) is 0.674. The zero-order valence-electron chi connectivity index (χ0n) is 37.1. The highest BCUT2D eigenvalue weighted by molar-refractivity contribution is 5.95. The van der Waals surface area contributed by atoms with Crippen molar-refractivity contribution in [3.8, 4) is 0 Å². The van der Waals surface area contributed by atoms with Crippen LogP contribution in [0.4, 0.5) is 0 Å². The normalized spacial score (nSPS) is 22.6. The van der Waals surface area contributed by atoms with Crippen molar-refractivity contribution in [2.24, 2.45) is 10.8 Å². The zero-order valence-corrected chi connectivity index (χ0v) is 37.1. The summed E-state index contributed by atoms with van der Waals surface area (Å²) in [7, 11) is 3.35. The number of benzene rings is 1. The Bertz CT molecular complexity index is 1890. The predicted octanol–water partition coefficient (Wildman–Crippen LogP) is 1.50. The standard InChI is InChI=1S/C43H67N11O6/c1-25(44-9)36(55)48-34(42(3,4)5)40(59)52-20-14-19-32(52)38(57)46-22-28-23-54(51-50-28)29-21-33(39(58)47-31-18-13-16-27-15-11-12-17-30(27)31)53(24-29)41(60)35(43(6,7)8)49-37(56)26(2)45-10/h11-12,15,17,23,25-26,29,31-35,44-45H,13-14,16,18-22,24H2,1-10H3,(H,46,57)(H,47,58)(H,48,55)(H,49,56)/t25-,26-,29-,31+,32-,33-,34+,35+/m0/s1. The van der Waals surface area contributed by atoms with Gasteiger partial charge in [-0.05, 0) is 82.0 Å². The third kappa shape index (κ3) is 10.7. The van der Waals surface area contributed by atoms with Gasteiger partial charge in [0, 0.05) is 19.5 Å². The van der Waals surface area contributed by atoms with Gasteiger partial charge in [0.05, 0.1) is 36.9 Å². The van der Waals surface area contributed by atoms with Gasteiger partial charge in [0.15, 0.2) is 0 Å². The first-order chi connectivity index (χ1) is 28.2. The number of carbonyl (C=O) groups excluding carboxylic acids is 6. The number of aromatic nitrogens is 3. The number of hydrogen-bond donors (Lipinski definition) is 6. The molecule has 0 spiro atoms. The van der Waals surface area contributed by atoms with Crippen LogP contribution in [0.15, 0.2) is 30.5 Å². The SMILES string of the molecule is CN[C@@H](C)C(=O)N[C@H](C(=O)N1CCC[C@H]1C(=O)NCc1cn([C@H]2C[C@@H](C(=O)N[C@@H]3CCCc4ccccc43)N(C(=O)[C@@H](NC(=O)[C@H](C)NC)C(C)(C)C)C2)nn1)C(C)(C)C. The quantitative estimate of drug-likeness (QED) is 0.162. The van der Waals surface area contributed by atoms with Crippen LogP contribution in [0.1, 0.15) is 116 Å². The Hall–Kier alpha value is -4.90. The zero-order chi connectivity index (χ0) is 44.1. The number of likely N-dealkylation sites (tertiary alicyclic amines) is 2. The molecule has 8 atom stereocenters. The smallest absolute Gasteiger partial charge is 0.246 e. The van der Waals surface area contributed by atoms with Crippen molar-refractivity contribution in [1.82, 2.24) is 56.7 Å². The Balaban J connectivity index is 1.31. The van der Waals surface area contributed by atoms with Crippen LogP contribution in [0.25, 0.3) is 0 Å². The predicted molar refractivity (Wildman–Crippen MR) is 226 cm³/mol. The molecule has 1 aromatic heterocycles. The van der Waals surface area contributed by atoms with E-state index in [-0.39, 0.29) is 61.0 Å². The Morgan fingerprint density at radius 2 is 1.38 bits per heavy atom. The molecule has 330 valence electrons. The largest absolute Gasteiger partial charge is 0.349 e. The fourth-order valence-corrected chi connectivity index (χ4v) is 8.27. The Labute approximate surface area is 354 Å². The minimum absolute atomic E-state index is 0.0403.